The van der Waals surface area contributed by atoms with Crippen LogP contribution in [-0.4, -0.2) is 39.2 Å². The fraction of sp³-hybridized carbons (Fsp3) is 0.333. The Kier molecular flexibility index (Phi) is 7.26. The van der Waals surface area contributed by atoms with Crippen molar-refractivity contribution >= 4 is 17.5 Å². The van der Waals surface area contributed by atoms with Crippen LogP contribution in [0.5, 0.6) is 17.2 Å². The predicted octanol–water partition coefficient (Wildman–Crippen LogP) is 3.49. The van der Waals surface area contributed by atoms with E-state index in [9.17, 15) is 9.59 Å². The van der Waals surface area contributed by atoms with E-state index in [-0.39, 0.29) is 17.9 Å². The summed E-state index contributed by atoms with van der Waals surface area (Å²) < 4.78 is 15.8. The third kappa shape index (κ3) is 4.94. The Bertz CT molecular complexity index is 808. The standard InChI is InChI=1S/C21H26N2O5/c1-6-13(2)22-20(24)14-7-9-16(10-8-14)23-21(25)15-11-17(26-3)19(28-5)18(12-15)27-4/h7-13H,6H2,1-5H3,(H,22,24)(H,23,25)/t13-/m0/s1. The SMILES string of the molecule is CC[C@H](C)NC(=O)c1ccc(NC(=O)c2cc(OC)c(OC)c(OC)c2)cc1. The summed E-state index contributed by atoms with van der Waals surface area (Å²) in [6.07, 6.45) is 0.856. The van der Waals surface area contributed by atoms with Gasteiger partial charge >= 0.3 is 0 Å². The number of hydrogen-bond donors (Lipinski definition) is 2. The lowest BCUT2D eigenvalue weighted by Gasteiger charge is -2.14. The first-order valence-corrected chi connectivity index (χ1v) is 8.95. The van der Waals surface area contributed by atoms with Gasteiger partial charge in [0.25, 0.3) is 11.8 Å². The molecule has 0 aliphatic heterocycles. The molecule has 0 saturated heterocycles. The van der Waals surface area contributed by atoms with Gasteiger partial charge in [-0.25, -0.2) is 0 Å². The molecule has 7 heteroatoms. The number of carbonyl (C=O) groups excluding carboxylic acids is 2. The lowest BCUT2D eigenvalue weighted by atomic mass is 10.1. The molecular formula is C21H26N2O5. The summed E-state index contributed by atoms with van der Waals surface area (Å²) in [4.78, 5) is 24.7. The summed E-state index contributed by atoms with van der Waals surface area (Å²) >= 11 is 0. The molecule has 0 aromatic heterocycles. The number of hydrogen-bond acceptors (Lipinski definition) is 5. The number of rotatable bonds is 8. The van der Waals surface area contributed by atoms with E-state index in [1.165, 1.54) is 21.3 Å². The molecule has 7 nitrogen and oxygen atoms in total. The van der Waals surface area contributed by atoms with Gasteiger partial charge < -0.3 is 24.8 Å². The minimum absolute atomic E-state index is 0.104. The molecule has 0 aliphatic rings. The molecule has 1 atom stereocenters. The quantitative estimate of drug-likeness (QED) is 0.725. The number of carbonyl (C=O) groups is 2. The van der Waals surface area contributed by atoms with Crippen molar-refractivity contribution in [3.63, 3.8) is 0 Å². The fourth-order valence-corrected chi connectivity index (χ4v) is 2.53. The zero-order valence-corrected chi connectivity index (χ0v) is 16.8. The zero-order chi connectivity index (χ0) is 20.7. The lowest BCUT2D eigenvalue weighted by Crippen LogP contribution is -2.31. The Labute approximate surface area is 165 Å². The van der Waals surface area contributed by atoms with Crippen LogP contribution in [0.2, 0.25) is 0 Å². The molecule has 28 heavy (non-hydrogen) atoms. The normalized spacial score (nSPS) is 11.3. The number of amides is 2. The molecule has 2 amide bonds. The van der Waals surface area contributed by atoms with Gasteiger partial charge in [-0.1, -0.05) is 6.92 Å². The Morgan fingerprint density at radius 3 is 1.93 bits per heavy atom. The van der Waals surface area contributed by atoms with Gasteiger partial charge in [0.15, 0.2) is 11.5 Å². The van der Waals surface area contributed by atoms with Gasteiger partial charge in [0, 0.05) is 22.9 Å². The average Bonchev–Trinajstić information content (AvgIpc) is 2.72. The highest BCUT2D eigenvalue weighted by Gasteiger charge is 2.17. The van der Waals surface area contributed by atoms with E-state index in [2.05, 4.69) is 10.6 Å². The van der Waals surface area contributed by atoms with E-state index < -0.39 is 0 Å². The van der Waals surface area contributed by atoms with Crippen LogP contribution in [0.1, 0.15) is 41.0 Å². The molecule has 2 aromatic carbocycles. The monoisotopic (exact) mass is 386 g/mol. The molecule has 0 fully saturated rings. The van der Waals surface area contributed by atoms with Crippen LogP contribution in [0.3, 0.4) is 0 Å². The van der Waals surface area contributed by atoms with Gasteiger partial charge in [0.1, 0.15) is 0 Å². The molecule has 0 spiro atoms. The fourth-order valence-electron chi connectivity index (χ4n) is 2.53. The van der Waals surface area contributed by atoms with Crippen LogP contribution in [0, 0.1) is 0 Å². The number of benzene rings is 2. The first-order valence-electron chi connectivity index (χ1n) is 8.95. The van der Waals surface area contributed by atoms with Crippen molar-refractivity contribution in [2.75, 3.05) is 26.6 Å². The molecule has 0 aliphatic carbocycles. The van der Waals surface area contributed by atoms with Gasteiger partial charge in [-0.3, -0.25) is 9.59 Å². The van der Waals surface area contributed by atoms with Crippen LogP contribution >= 0.6 is 0 Å². The zero-order valence-electron chi connectivity index (χ0n) is 16.8. The number of anilines is 1. The smallest absolute Gasteiger partial charge is 0.255 e. The maximum atomic E-state index is 12.6. The molecule has 0 bridgehead atoms. The third-order valence-corrected chi connectivity index (χ3v) is 4.32. The molecule has 0 unspecified atom stereocenters. The van der Waals surface area contributed by atoms with Gasteiger partial charge in [-0.05, 0) is 49.7 Å². The molecule has 0 saturated carbocycles. The summed E-state index contributed by atoms with van der Waals surface area (Å²) in [6.45, 7) is 3.95. The van der Waals surface area contributed by atoms with Gasteiger partial charge in [-0.2, -0.15) is 0 Å². The number of methoxy groups -OCH3 is 3. The van der Waals surface area contributed by atoms with E-state index in [4.69, 9.17) is 14.2 Å². The second-order valence-electron chi connectivity index (χ2n) is 6.23. The maximum absolute atomic E-state index is 12.6. The highest BCUT2D eigenvalue weighted by molar-refractivity contribution is 6.05. The van der Waals surface area contributed by atoms with Crippen molar-refractivity contribution in [3.05, 3.63) is 47.5 Å². The van der Waals surface area contributed by atoms with E-state index in [1.54, 1.807) is 36.4 Å². The van der Waals surface area contributed by atoms with Crippen LogP contribution in [-0.2, 0) is 0 Å². The van der Waals surface area contributed by atoms with Crippen LogP contribution in [0.25, 0.3) is 0 Å². The Hall–Kier alpha value is -3.22. The molecular weight excluding hydrogens is 360 g/mol. The molecule has 2 N–H and O–H groups in total. The third-order valence-electron chi connectivity index (χ3n) is 4.32. The van der Waals surface area contributed by atoms with Crippen molar-refractivity contribution in [3.8, 4) is 17.2 Å². The average molecular weight is 386 g/mol. The minimum Gasteiger partial charge on any atom is -0.493 e. The Balaban J connectivity index is 2.16. The Morgan fingerprint density at radius 2 is 1.46 bits per heavy atom. The van der Waals surface area contributed by atoms with Crippen LogP contribution < -0.4 is 24.8 Å². The van der Waals surface area contributed by atoms with Crippen molar-refractivity contribution < 1.29 is 23.8 Å². The highest BCUT2D eigenvalue weighted by atomic mass is 16.5. The molecule has 2 rings (SSSR count). The van der Waals surface area contributed by atoms with Crippen molar-refractivity contribution in [2.24, 2.45) is 0 Å². The first-order chi connectivity index (χ1) is 13.4. The molecule has 2 aromatic rings. The summed E-state index contributed by atoms with van der Waals surface area (Å²) in [5, 5.41) is 5.70. The summed E-state index contributed by atoms with van der Waals surface area (Å²) in [5.74, 6) is 0.722. The maximum Gasteiger partial charge on any atom is 0.255 e. The van der Waals surface area contributed by atoms with Crippen LogP contribution in [0.15, 0.2) is 36.4 Å². The van der Waals surface area contributed by atoms with Crippen molar-refractivity contribution in [1.29, 1.82) is 0 Å². The summed E-state index contributed by atoms with van der Waals surface area (Å²) in [7, 11) is 4.48. The lowest BCUT2D eigenvalue weighted by molar-refractivity contribution is 0.0938. The largest absolute Gasteiger partial charge is 0.493 e. The predicted molar refractivity (Wildman–Crippen MR) is 108 cm³/mol. The van der Waals surface area contributed by atoms with E-state index in [0.29, 0.717) is 34.1 Å². The van der Waals surface area contributed by atoms with Crippen molar-refractivity contribution in [2.45, 2.75) is 26.3 Å². The minimum atomic E-state index is -0.337. The highest BCUT2D eigenvalue weighted by Crippen LogP contribution is 2.38. The summed E-state index contributed by atoms with van der Waals surface area (Å²) in [5.41, 5.74) is 1.46. The summed E-state index contributed by atoms with van der Waals surface area (Å²) in [6, 6.07) is 9.95. The number of nitrogens with one attached hydrogen (secondary N) is 2. The van der Waals surface area contributed by atoms with E-state index >= 15 is 0 Å². The first kappa shape index (κ1) is 21.1. The van der Waals surface area contributed by atoms with E-state index in [1.807, 2.05) is 13.8 Å². The molecule has 0 heterocycles. The van der Waals surface area contributed by atoms with Gasteiger partial charge in [-0.15, -0.1) is 0 Å². The molecule has 0 radical (unpaired) electrons. The van der Waals surface area contributed by atoms with Crippen molar-refractivity contribution in [1.82, 2.24) is 5.32 Å². The van der Waals surface area contributed by atoms with Crippen LogP contribution in [0.4, 0.5) is 5.69 Å². The Morgan fingerprint density at radius 1 is 0.893 bits per heavy atom. The number of ether oxygens (including phenoxy) is 3. The second-order valence-corrected chi connectivity index (χ2v) is 6.23. The second kappa shape index (κ2) is 9.64. The van der Waals surface area contributed by atoms with E-state index in [0.717, 1.165) is 6.42 Å². The van der Waals surface area contributed by atoms with Gasteiger partial charge in [0.2, 0.25) is 5.75 Å². The topological polar surface area (TPSA) is 85.9 Å². The molecule has 150 valence electrons. The van der Waals surface area contributed by atoms with Gasteiger partial charge in [0.05, 0.1) is 21.3 Å².